The fraction of sp³-hybridized carbons (Fsp3) is 0.500. The Morgan fingerprint density at radius 3 is 2.68 bits per heavy atom. The lowest BCUT2D eigenvalue weighted by atomic mass is 10.4. The minimum atomic E-state index is -3.50. The predicted molar refractivity (Wildman–Crippen MR) is 80.5 cm³/mol. The molecule has 4 nitrogen and oxygen atoms in total. The second kappa shape index (κ2) is 8.21. The summed E-state index contributed by atoms with van der Waals surface area (Å²) in [5, 5.41) is 1.15. The van der Waals surface area contributed by atoms with Gasteiger partial charge in [-0.05, 0) is 18.2 Å². The first-order chi connectivity index (χ1) is 9.02. The van der Waals surface area contributed by atoms with Crippen LogP contribution in [0.4, 0.5) is 0 Å². The number of hydrogen-bond donors (Lipinski definition) is 0. The van der Waals surface area contributed by atoms with Crippen molar-refractivity contribution in [3.05, 3.63) is 29.3 Å². The highest BCUT2D eigenvalue weighted by atomic mass is 79.9. The largest absolute Gasteiger partial charge is 0.379 e. The van der Waals surface area contributed by atoms with Crippen LogP contribution in [0.25, 0.3) is 0 Å². The van der Waals surface area contributed by atoms with Gasteiger partial charge >= 0.3 is 0 Å². The van der Waals surface area contributed by atoms with Crippen molar-refractivity contribution in [1.29, 1.82) is 0 Å². The van der Waals surface area contributed by atoms with Crippen molar-refractivity contribution < 1.29 is 13.2 Å². The van der Waals surface area contributed by atoms with E-state index in [1.54, 1.807) is 25.1 Å². The van der Waals surface area contributed by atoms with Gasteiger partial charge < -0.3 is 4.74 Å². The van der Waals surface area contributed by atoms with Gasteiger partial charge in [0, 0.05) is 23.4 Å². The third-order valence-electron chi connectivity index (χ3n) is 2.49. The summed E-state index contributed by atoms with van der Waals surface area (Å²) in [6.45, 7) is 3.46. The first-order valence-corrected chi connectivity index (χ1v) is 8.85. The smallest absolute Gasteiger partial charge is 0.243 e. The summed E-state index contributed by atoms with van der Waals surface area (Å²) in [4.78, 5) is 0.211. The molecule has 0 radical (unpaired) electrons. The number of benzene rings is 1. The molecule has 7 heteroatoms. The van der Waals surface area contributed by atoms with E-state index in [9.17, 15) is 8.42 Å². The molecule has 1 aromatic carbocycles. The summed E-state index contributed by atoms with van der Waals surface area (Å²) < 4.78 is 31.4. The van der Waals surface area contributed by atoms with E-state index in [-0.39, 0.29) is 4.90 Å². The molecule has 0 heterocycles. The molecule has 1 aromatic rings. The van der Waals surface area contributed by atoms with Crippen molar-refractivity contribution in [3.63, 3.8) is 0 Å². The highest BCUT2D eigenvalue weighted by Crippen LogP contribution is 2.19. The molecule has 0 aliphatic carbocycles. The quantitative estimate of drug-likeness (QED) is 0.522. The van der Waals surface area contributed by atoms with Gasteiger partial charge in [0.1, 0.15) is 0 Å². The zero-order chi connectivity index (χ0) is 14.3. The molecule has 0 fully saturated rings. The van der Waals surface area contributed by atoms with Gasteiger partial charge in [0.2, 0.25) is 10.0 Å². The average molecular weight is 371 g/mol. The summed E-state index contributed by atoms with van der Waals surface area (Å²) in [5.41, 5.74) is 0. The minimum Gasteiger partial charge on any atom is -0.379 e. The van der Waals surface area contributed by atoms with Crippen LogP contribution in [-0.4, -0.2) is 44.4 Å². The van der Waals surface area contributed by atoms with Crippen molar-refractivity contribution >= 4 is 37.6 Å². The van der Waals surface area contributed by atoms with Crippen LogP contribution >= 0.6 is 27.5 Å². The van der Waals surface area contributed by atoms with Crippen LogP contribution < -0.4 is 0 Å². The third-order valence-corrected chi connectivity index (χ3v) is 5.02. The molecule has 0 amide bonds. The molecule has 0 saturated heterocycles. The van der Waals surface area contributed by atoms with Gasteiger partial charge in [0.25, 0.3) is 0 Å². The lowest BCUT2D eigenvalue weighted by Crippen LogP contribution is -2.34. The van der Waals surface area contributed by atoms with E-state index in [4.69, 9.17) is 16.3 Å². The van der Waals surface area contributed by atoms with Crippen molar-refractivity contribution in [2.45, 2.75) is 11.8 Å². The number of nitrogens with zero attached hydrogens (tertiary/aromatic N) is 1. The highest BCUT2D eigenvalue weighted by Gasteiger charge is 2.22. The summed E-state index contributed by atoms with van der Waals surface area (Å²) in [5.74, 6) is 0. The van der Waals surface area contributed by atoms with Gasteiger partial charge in [-0.25, -0.2) is 8.42 Å². The van der Waals surface area contributed by atoms with Crippen LogP contribution in [-0.2, 0) is 14.8 Å². The fourth-order valence-corrected chi connectivity index (χ4v) is 3.51. The second-order valence-corrected chi connectivity index (χ2v) is 6.92. The Kier molecular flexibility index (Phi) is 7.31. The van der Waals surface area contributed by atoms with Crippen LogP contribution in [0, 0.1) is 0 Å². The van der Waals surface area contributed by atoms with Gasteiger partial charge in [-0.1, -0.05) is 40.5 Å². The molecule has 0 N–H and O–H groups in total. The first kappa shape index (κ1) is 16.9. The number of sulfonamides is 1. The van der Waals surface area contributed by atoms with Crippen LogP contribution in [0.15, 0.2) is 29.2 Å². The van der Waals surface area contributed by atoms with E-state index < -0.39 is 10.0 Å². The van der Waals surface area contributed by atoms with Gasteiger partial charge in [-0.3, -0.25) is 0 Å². The Hall–Kier alpha value is -0.140. The number of likely N-dealkylation sites (N-methyl/N-ethyl adjacent to an activating group) is 1. The molecule has 0 unspecified atom stereocenters. The SMILES string of the molecule is CCN(CCOCCBr)S(=O)(=O)c1cccc(Cl)c1. The van der Waals surface area contributed by atoms with Crippen molar-refractivity contribution in [2.24, 2.45) is 0 Å². The summed E-state index contributed by atoms with van der Waals surface area (Å²) >= 11 is 9.08. The maximum Gasteiger partial charge on any atom is 0.243 e. The number of hydrogen-bond acceptors (Lipinski definition) is 3. The highest BCUT2D eigenvalue weighted by molar-refractivity contribution is 9.09. The molecule has 0 atom stereocenters. The van der Waals surface area contributed by atoms with Crippen LogP contribution in [0.1, 0.15) is 6.92 Å². The van der Waals surface area contributed by atoms with Crippen molar-refractivity contribution in [3.8, 4) is 0 Å². The van der Waals surface area contributed by atoms with Crippen LogP contribution in [0.2, 0.25) is 5.02 Å². The van der Waals surface area contributed by atoms with Gasteiger partial charge in [-0.15, -0.1) is 0 Å². The Labute approximate surface area is 127 Å². The monoisotopic (exact) mass is 369 g/mol. The third kappa shape index (κ3) is 5.04. The molecule has 0 saturated carbocycles. The van der Waals surface area contributed by atoms with E-state index in [1.807, 2.05) is 0 Å². The molecular weight excluding hydrogens is 354 g/mol. The lowest BCUT2D eigenvalue weighted by molar-refractivity contribution is 0.138. The van der Waals surface area contributed by atoms with Gasteiger partial charge in [-0.2, -0.15) is 4.31 Å². The number of rotatable bonds is 8. The Bertz CT molecular complexity index is 496. The molecule has 19 heavy (non-hydrogen) atoms. The Morgan fingerprint density at radius 1 is 1.37 bits per heavy atom. The zero-order valence-electron chi connectivity index (χ0n) is 10.7. The lowest BCUT2D eigenvalue weighted by Gasteiger charge is -2.20. The first-order valence-electron chi connectivity index (χ1n) is 5.91. The number of halogens is 2. The number of alkyl halides is 1. The minimum absolute atomic E-state index is 0.211. The van der Waals surface area contributed by atoms with Gasteiger partial charge in [0.15, 0.2) is 0 Å². The average Bonchev–Trinajstić information content (AvgIpc) is 2.38. The Morgan fingerprint density at radius 2 is 2.11 bits per heavy atom. The van der Waals surface area contributed by atoms with Crippen LogP contribution in [0.5, 0.6) is 0 Å². The molecule has 108 valence electrons. The summed E-state index contributed by atoms with van der Waals surface area (Å²) in [7, 11) is -3.50. The van der Waals surface area contributed by atoms with E-state index in [1.165, 1.54) is 10.4 Å². The van der Waals surface area contributed by atoms with Crippen LogP contribution in [0.3, 0.4) is 0 Å². The molecule has 0 aromatic heterocycles. The maximum absolute atomic E-state index is 12.4. The second-order valence-electron chi connectivity index (χ2n) is 3.76. The van der Waals surface area contributed by atoms with Crippen molar-refractivity contribution in [1.82, 2.24) is 4.31 Å². The summed E-state index contributed by atoms with van der Waals surface area (Å²) in [6.07, 6.45) is 0. The topological polar surface area (TPSA) is 46.6 Å². The molecular formula is C12H17BrClNO3S. The molecule has 0 spiro atoms. The van der Waals surface area contributed by atoms with E-state index in [0.717, 1.165) is 5.33 Å². The number of ether oxygens (including phenoxy) is 1. The van der Waals surface area contributed by atoms with E-state index in [0.29, 0.717) is 31.3 Å². The molecule has 0 aliphatic rings. The van der Waals surface area contributed by atoms with Gasteiger partial charge in [0.05, 0.1) is 18.1 Å². The van der Waals surface area contributed by atoms with E-state index >= 15 is 0 Å². The van der Waals surface area contributed by atoms with E-state index in [2.05, 4.69) is 15.9 Å². The standard InChI is InChI=1S/C12H17BrClNO3S/c1-2-15(7-9-18-8-6-13)19(16,17)12-5-3-4-11(14)10-12/h3-5,10H,2,6-9H2,1H3. The normalized spacial score (nSPS) is 12.0. The predicted octanol–water partition coefficient (Wildman–Crippen LogP) is 2.76. The molecule has 0 bridgehead atoms. The maximum atomic E-state index is 12.4. The molecule has 1 rings (SSSR count). The van der Waals surface area contributed by atoms with Crippen molar-refractivity contribution in [2.75, 3.05) is 31.6 Å². The zero-order valence-corrected chi connectivity index (χ0v) is 13.8. The Balaban J connectivity index is 2.78. The summed E-state index contributed by atoms with van der Waals surface area (Å²) in [6, 6.07) is 6.28. The fourth-order valence-electron chi connectivity index (χ4n) is 1.55. The molecule has 0 aliphatic heterocycles.